The first-order chi connectivity index (χ1) is 3.88. The van der Waals surface area contributed by atoms with Crippen molar-refractivity contribution < 1.29 is 9.47 Å². The molecule has 0 aromatic rings. The van der Waals surface area contributed by atoms with E-state index in [4.69, 9.17) is 9.47 Å². The SMILES string of the molecule is C=C[C@H](OC)[C@H]1CO1. The number of rotatable bonds is 3. The molecule has 0 unspecified atom stereocenters. The summed E-state index contributed by atoms with van der Waals surface area (Å²) in [4.78, 5) is 0. The third kappa shape index (κ3) is 1.08. The van der Waals surface area contributed by atoms with Crippen molar-refractivity contribution in [3.05, 3.63) is 12.7 Å². The molecule has 0 bridgehead atoms. The van der Waals surface area contributed by atoms with Gasteiger partial charge in [-0.05, 0) is 0 Å². The Morgan fingerprint density at radius 1 is 2.00 bits per heavy atom. The Kier molecular flexibility index (Phi) is 1.65. The van der Waals surface area contributed by atoms with Gasteiger partial charge in [0.05, 0.1) is 6.61 Å². The summed E-state index contributed by atoms with van der Waals surface area (Å²) in [7, 11) is 1.66. The van der Waals surface area contributed by atoms with Crippen LogP contribution >= 0.6 is 0 Å². The van der Waals surface area contributed by atoms with E-state index in [0.717, 1.165) is 6.61 Å². The van der Waals surface area contributed by atoms with Crippen molar-refractivity contribution >= 4 is 0 Å². The highest BCUT2D eigenvalue weighted by Gasteiger charge is 2.30. The monoisotopic (exact) mass is 114 g/mol. The van der Waals surface area contributed by atoms with Gasteiger partial charge in [-0.25, -0.2) is 0 Å². The largest absolute Gasteiger partial charge is 0.375 e. The number of hydrogen-bond donors (Lipinski definition) is 0. The van der Waals surface area contributed by atoms with Crippen LogP contribution in [0.3, 0.4) is 0 Å². The molecule has 1 rings (SSSR count). The molecule has 0 aliphatic carbocycles. The van der Waals surface area contributed by atoms with Crippen LogP contribution in [-0.2, 0) is 9.47 Å². The van der Waals surface area contributed by atoms with E-state index < -0.39 is 0 Å². The summed E-state index contributed by atoms with van der Waals surface area (Å²) in [6.07, 6.45) is 2.16. The van der Waals surface area contributed by atoms with E-state index in [1.54, 1.807) is 13.2 Å². The maximum atomic E-state index is 4.98. The lowest BCUT2D eigenvalue weighted by Gasteiger charge is -2.03. The number of epoxide rings is 1. The van der Waals surface area contributed by atoms with Gasteiger partial charge in [0.15, 0.2) is 0 Å². The topological polar surface area (TPSA) is 21.8 Å². The molecule has 1 heterocycles. The van der Waals surface area contributed by atoms with E-state index in [0.29, 0.717) is 0 Å². The van der Waals surface area contributed by atoms with E-state index in [1.807, 2.05) is 0 Å². The predicted molar refractivity (Wildman–Crippen MR) is 30.7 cm³/mol. The van der Waals surface area contributed by atoms with Crippen LogP contribution in [0.5, 0.6) is 0 Å². The Balaban J connectivity index is 2.25. The summed E-state index contributed by atoms with van der Waals surface area (Å²) >= 11 is 0. The van der Waals surface area contributed by atoms with Crippen LogP contribution in [0.2, 0.25) is 0 Å². The molecule has 0 aromatic carbocycles. The van der Waals surface area contributed by atoms with Gasteiger partial charge in [0.25, 0.3) is 0 Å². The van der Waals surface area contributed by atoms with Gasteiger partial charge < -0.3 is 9.47 Å². The van der Waals surface area contributed by atoms with Crippen LogP contribution in [0.15, 0.2) is 12.7 Å². The van der Waals surface area contributed by atoms with Crippen molar-refractivity contribution in [2.75, 3.05) is 13.7 Å². The minimum atomic E-state index is 0.106. The Hall–Kier alpha value is -0.340. The molecule has 2 atom stereocenters. The summed E-state index contributed by atoms with van der Waals surface area (Å²) in [5.74, 6) is 0. The van der Waals surface area contributed by atoms with Gasteiger partial charge in [0, 0.05) is 7.11 Å². The molecule has 46 valence electrons. The van der Waals surface area contributed by atoms with Crippen molar-refractivity contribution in [1.82, 2.24) is 0 Å². The van der Waals surface area contributed by atoms with Gasteiger partial charge in [0.2, 0.25) is 0 Å². The average molecular weight is 114 g/mol. The first-order valence-corrected chi connectivity index (χ1v) is 2.65. The Labute approximate surface area is 49.1 Å². The zero-order valence-electron chi connectivity index (χ0n) is 4.96. The van der Waals surface area contributed by atoms with Crippen molar-refractivity contribution in [1.29, 1.82) is 0 Å². The van der Waals surface area contributed by atoms with Gasteiger partial charge in [-0.3, -0.25) is 0 Å². The van der Waals surface area contributed by atoms with Crippen LogP contribution < -0.4 is 0 Å². The normalized spacial score (nSPS) is 29.4. The Morgan fingerprint density at radius 3 is 2.75 bits per heavy atom. The molecular formula is C6H10O2. The van der Waals surface area contributed by atoms with Crippen LogP contribution in [0.4, 0.5) is 0 Å². The minimum Gasteiger partial charge on any atom is -0.375 e. The molecule has 8 heavy (non-hydrogen) atoms. The fourth-order valence-electron chi connectivity index (χ4n) is 0.645. The third-order valence-corrected chi connectivity index (χ3v) is 1.23. The van der Waals surface area contributed by atoms with Crippen LogP contribution in [-0.4, -0.2) is 25.9 Å². The lowest BCUT2D eigenvalue weighted by molar-refractivity contribution is 0.113. The molecule has 0 aromatic heterocycles. The highest BCUT2D eigenvalue weighted by Crippen LogP contribution is 2.16. The Bertz CT molecular complexity index is 86.5. The number of ether oxygens (including phenoxy) is 2. The fourth-order valence-corrected chi connectivity index (χ4v) is 0.645. The van der Waals surface area contributed by atoms with Crippen LogP contribution in [0.1, 0.15) is 0 Å². The number of methoxy groups -OCH3 is 1. The minimum absolute atomic E-state index is 0.106. The molecule has 2 nitrogen and oxygen atoms in total. The lowest BCUT2D eigenvalue weighted by atomic mass is 10.3. The van der Waals surface area contributed by atoms with Crippen molar-refractivity contribution in [2.45, 2.75) is 12.2 Å². The molecule has 2 heteroatoms. The second kappa shape index (κ2) is 2.29. The van der Waals surface area contributed by atoms with Crippen molar-refractivity contribution in [3.63, 3.8) is 0 Å². The fraction of sp³-hybridized carbons (Fsp3) is 0.667. The predicted octanol–water partition coefficient (Wildman–Crippen LogP) is 0.586. The Morgan fingerprint density at radius 2 is 2.62 bits per heavy atom. The van der Waals surface area contributed by atoms with E-state index in [-0.39, 0.29) is 12.2 Å². The summed E-state index contributed by atoms with van der Waals surface area (Å²) in [5.41, 5.74) is 0. The van der Waals surface area contributed by atoms with Crippen molar-refractivity contribution in [2.24, 2.45) is 0 Å². The molecule has 1 aliphatic heterocycles. The highest BCUT2D eigenvalue weighted by molar-refractivity contribution is 4.92. The third-order valence-electron chi connectivity index (χ3n) is 1.23. The molecule has 0 spiro atoms. The summed E-state index contributed by atoms with van der Waals surface area (Å²) < 4.78 is 9.94. The maximum absolute atomic E-state index is 4.98. The molecular weight excluding hydrogens is 104 g/mol. The molecule has 0 amide bonds. The quantitative estimate of drug-likeness (QED) is 0.395. The summed E-state index contributed by atoms with van der Waals surface area (Å²) in [6.45, 7) is 4.41. The van der Waals surface area contributed by atoms with Crippen molar-refractivity contribution in [3.8, 4) is 0 Å². The smallest absolute Gasteiger partial charge is 0.111 e. The van der Waals surface area contributed by atoms with Gasteiger partial charge in [-0.1, -0.05) is 6.08 Å². The maximum Gasteiger partial charge on any atom is 0.111 e. The van der Waals surface area contributed by atoms with E-state index in [9.17, 15) is 0 Å². The van der Waals surface area contributed by atoms with Gasteiger partial charge in [-0.15, -0.1) is 6.58 Å². The summed E-state index contributed by atoms with van der Waals surface area (Å²) in [5, 5.41) is 0. The molecule has 1 aliphatic rings. The van der Waals surface area contributed by atoms with E-state index >= 15 is 0 Å². The lowest BCUT2D eigenvalue weighted by Crippen LogP contribution is -2.13. The molecule has 1 fully saturated rings. The van der Waals surface area contributed by atoms with Crippen LogP contribution in [0.25, 0.3) is 0 Å². The summed E-state index contributed by atoms with van der Waals surface area (Å²) in [6, 6.07) is 0. The van der Waals surface area contributed by atoms with Gasteiger partial charge in [0.1, 0.15) is 12.2 Å². The average Bonchev–Trinajstić information content (AvgIpc) is 2.53. The molecule has 0 radical (unpaired) electrons. The molecule has 0 saturated carbocycles. The molecule has 1 saturated heterocycles. The van der Waals surface area contributed by atoms with Gasteiger partial charge >= 0.3 is 0 Å². The van der Waals surface area contributed by atoms with Gasteiger partial charge in [-0.2, -0.15) is 0 Å². The molecule has 0 N–H and O–H groups in total. The first kappa shape index (κ1) is 5.79. The number of hydrogen-bond acceptors (Lipinski definition) is 2. The second-order valence-corrected chi connectivity index (χ2v) is 1.81. The zero-order valence-corrected chi connectivity index (χ0v) is 4.96. The zero-order chi connectivity index (χ0) is 5.98. The first-order valence-electron chi connectivity index (χ1n) is 2.65. The van der Waals surface area contributed by atoms with E-state index in [1.165, 1.54) is 0 Å². The van der Waals surface area contributed by atoms with E-state index in [2.05, 4.69) is 6.58 Å². The van der Waals surface area contributed by atoms with Crippen LogP contribution in [0, 0.1) is 0 Å². The highest BCUT2D eigenvalue weighted by atomic mass is 16.6. The standard InChI is InChI=1S/C6H10O2/c1-3-5(7-2)6-4-8-6/h3,5-6H,1,4H2,2H3/t5-,6+/m0/s1. The second-order valence-electron chi connectivity index (χ2n) is 1.81.